The SMILES string of the molecule is C=CC12c3c4cc(OC)cc3OC1C(OC(=O)c1ccc(-c3ccccc3)cc1)CCC2CC4. The summed E-state index contributed by atoms with van der Waals surface area (Å²) in [7, 11) is 1.68. The molecule has 3 aliphatic rings. The maximum Gasteiger partial charge on any atom is 0.338 e. The molecule has 1 aliphatic heterocycles. The first-order valence-corrected chi connectivity index (χ1v) is 12.0. The zero-order chi connectivity index (χ0) is 23.3. The molecule has 4 heteroatoms. The number of carbonyl (C=O) groups is 1. The molecular weight excluding hydrogens is 424 g/mol. The summed E-state index contributed by atoms with van der Waals surface area (Å²) < 4.78 is 18.2. The lowest BCUT2D eigenvalue weighted by atomic mass is 9.56. The average Bonchev–Trinajstić information content (AvgIpc) is 3.25. The highest BCUT2D eigenvalue weighted by Gasteiger charge is 2.60. The van der Waals surface area contributed by atoms with E-state index in [0.29, 0.717) is 11.5 Å². The quantitative estimate of drug-likeness (QED) is 0.345. The van der Waals surface area contributed by atoms with E-state index in [1.165, 1.54) is 11.1 Å². The molecule has 1 saturated carbocycles. The molecule has 34 heavy (non-hydrogen) atoms. The Bertz CT molecular complexity index is 1250. The van der Waals surface area contributed by atoms with Crippen LogP contribution in [0, 0.1) is 5.92 Å². The van der Waals surface area contributed by atoms with Crippen molar-refractivity contribution in [2.24, 2.45) is 5.92 Å². The van der Waals surface area contributed by atoms with Gasteiger partial charge in [0.05, 0.1) is 18.1 Å². The van der Waals surface area contributed by atoms with E-state index >= 15 is 0 Å². The highest BCUT2D eigenvalue weighted by atomic mass is 16.6. The van der Waals surface area contributed by atoms with E-state index in [0.717, 1.165) is 48.3 Å². The molecule has 1 fully saturated rings. The van der Waals surface area contributed by atoms with Gasteiger partial charge in [-0.15, -0.1) is 6.58 Å². The van der Waals surface area contributed by atoms with E-state index in [4.69, 9.17) is 14.2 Å². The van der Waals surface area contributed by atoms with Gasteiger partial charge in [-0.1, -0.05) is 48.5 Å². The molecule has 0 saturated heterocycles. The molecule has 1 heterocycles. The van der Waals surface area contributed by atoms with Crippen molar-refractivity contribution in [2.45, 2.75) is 43.3 Å². The molecule has 4 unspecified atom stereocenters. The summed E-state index contributed by atoms with van der Waals surface area (Å²) in [5, 5.41) is 0. The highest BCUT2D eigenvalue weighted by Crippen LogP contribution is 2.59. The van der Waals surface area contributed by atoms with Crippen LogP contribution in [0.3, 0.4) is 0 Å². The number of rotatable bonds is 5. The average molecular weight is 453 g/mol. The summed E-state index contributed by atoms with van der Waals surface area (Å²) in [6, 6.07) is 21.8. The summed E-state index contributed by atoms with van der Waals surface area (Å²) in [6.07, 6.45) is 5.32. The summed E-state index contributed by atoms with van der Waals surface area (Å²) >= 11 is 0. The first kappa shape index (κ1) is 21.0. The number of carbonyl (C=O) groups excluding carboxylic acids is 1. The topological polar surface area (TPSA) is 44.8 Å². The molecule has 3 aromatic carbocycles. The maximum absolute atomic E-state index is 13.2. The molecular formula is C30H28O4. The highest BCUT2D eigenvalue weighted by molar-refractivity contribution is 5.90. The molecule has 0 radical (unpaired) electrons. The largest absolute Gasteiger partial charge is 0.497 e. The Balaban J connectivity index is 1.28. The third kappa shape index (κ3) is 3.08. The minimum Gasteiger partial charge on any atom is -0.497 e. The van der Waals surface area contributed by atoms with Crippen molar-refractivity contribution >= 4 is 5.97 Å². The third-order valence-corrected chi connectivity index (χ3v) is 7.95. The van der Waals surface area contributed by atoms with Gasteiger partial charge in [-0.2, -0.15) is 0 Å². The lowest BCUT2D eigenvalue weighted by Crippen LogP contribution is -2.55. The van der Waals surface area contributed by atoms with Crippen molar-refractivity contribution in [3.05, 3.63) is 96.1 Å². The molecule has 0 bridgehead atoms. The van der Waals surface area contributed by atoms with E-state index in [1.54, 1.807) is 7.11 Å². The predicted octanol–water partition coefficient (Wildman–Crippen LogP) is 6.13. The van der Waals surface area contributed by atoms with Gasteiger partial charge in [-0.3, -0.25) is 0 Å². The van der Waals surface area contributed by atoms with Crippen LogP contribution in [-0.4, -0.2) is 25.3 Å². The van der Waals surface area contributed by atoms with Crippen molar-refractivity contribution in [3.8, 4) is 22.6 Å². The Kier molecular flexibility index (Phi) is 4.98. The molecule has 0 aromatic heterocycles. The first-order valence-electron chi connectivity index (χ1n) is 12.0. The number of esters is 1. The third-order valence-electron chi connectivity index (χ3n) is 7.95. The molecule has 0 spiro atoms. The van der Waals surface area contributed by atoms with Gasteiger partial charge in [0.1, 0.15) is 23.7 Å². The van der Waals surface area contributed by atoms with Crippen LogP contribution in [0.25, 0.3) is 11.1 Å². The Hall–Kier alpha value is -3.53. The predicted molar refractivity (Wildman–Crippen MR) is 131 cm³/mol. The van der Waals surface area contributed by atoms with Gasteiger partial charge in [0.25, 0.3) is 0 Å². The Morgan fingerprint density at radius 3 is 2.53 bits per heavy atom. The fourth-order valence-corrected chi connectivity index (χ4v) is 6.35. The normalized spacial score (nSPS) is 26.2. The van der Waals surface area contributed by atoms with Crippen LogP contribution >= 0.6 is 0 Å². The molecule has 4 nitrogen and oxygen atoms in total. The standard InChI is InChI=1S/C30H28O4/c1-3-30-23-14-13-22-17-24(32-2)18-26(27(22)30)33-28(30)25(16-15-23)34-29(31)21-11-9-20(10-12-21)19-7-5-4-6-8-19/h3-12,17-18,23,25,28H,1,13-16H2,2H3. The zero-order valence-corrected chi connectivity index (χ0v) is 19.3. The fourth-order valence-electron chi connectivity index (χ4n) is 6.35. The van der Waals surface area contributed by atoms with Crippen LogP contribution < -0.4 is 9.47 Å². The lowest BCUT2D eigenvalue weighted by Gasteiger charge is -2.48. The summed E-state index contributed by atoms with van der Waals surface area (Å²) in [5.74, 6) is 1.78. The number of methoxy groups -OCH3 is 1. The lowest BCUT2D eigenvalue weighted by molar-refractivity contribution is -0.0559. The number of aryl methyl sites for hydroxylation is 1. The molecule has 0 N–H and O–H groups in total. The first-order chi connectivity index (χ1) is 16.6. The van der Waals surface area contributed by atoms with Crippen LogP contribution in [0.1, 0.15) is 40.7 Å². The number of hydrogen-bond acceptors (Lipinski definition) is 4. The molecule has 0 amide bonds. The van der Waals surface area contributed by atoms with Crippen LogP contribution in [0.4, 0.5) is 0 Å². The van der Waals surface area contributed by atoms with E-state index < -0.39 is 0 Å². The maximum atomic E-state index is 13.2. The monoisotopic (exact) mass is 452 g/mol. The van der Waals surface area contributed by atoms with Crippen LogP contribution in [-0.2, 0) is 16.6 Å². The van der Waals surface area contributed by atoms with E-state index in [2.05, 4.69) is 30.9 Å². The van der Waals surface area contributed by atoms with Crippen LogP contribution in [0.2, 0.25) is 0 Å². The summed E-state index contributed by atoms with van der Waals surface area (Å²) in [6.45, 7) is 4.24. The van der Waals surface area contributed by atoms with Crippen molar-refractivity contribution in [1.82, 2.24) is 0 Å². The molecule has 6 rings (SSSR count). The summed E-state index contributed by atoms with van der Waals surface area (Å²) in [4.78, 5) is 13.2. The van der Waals surface area contributed by atoms with Gasteiger partial charge in [0, 0.05) is 11.6 Å². The van der Waals surface area contributed by atoms with Gasteiger partial charge in [0.15, 0.2) is 0 Å². The second kappa shape index (κ2) is 8.05. The number of ether oxygens (including phenoxy) is 3. The zero-order valence-electron chi connectivity index (χ0n) is 19.3. The minimum absolute atomic E-state index is 0.266. The fraction of sp³-hybridized carbons (Fsp3) is 0.300. The molecule has 172 valence electrons. The second-order valence-electron chi connectivity index (χ2n) is 9.54. The second-order valence-corrected chi connectivity index (χ2v) is 9.54. The molecule has 2 aliphatic carbocycles. The summed E-state index contributed by atoms with van der Waals surface area (Å²) in [5.41, 5.74) is 4.90. The van der Waals surface area contributed by atoms with E-state index in [-0.39, 0.29) is 23.6 Å². The van der Waals surface area contributed by atoms with Gasteiger partial charge in [0.2, 0.25) is 0 Å². The van der Waals surface area contributed by atoms with Crippen LogP contribution in [0.5, 0.6) is 11.5 Å². The Morgan fingerprint density at radius 2 is 1.79 bits per heavy atom. The Labute approximate surface area is 200 Å². The van der Waals surface area contributed by atoms with Crippen molar-refractivity contribution in [2.75, 3.05) is 7.11 Å². The van der Waals surface area contributed by atoms with Gasteiger partial charge >= 0.3 is 5.97 Å². The number of benzene rings is 3. The van der Waals surface area contributed by atoms with E-state index in [1.807, 2.05) is 48.5 Å². The smallest absolute Gasteiger partial charge is 0.338 e. The van der Waals surface area contributed by atoms with Gasteiger partial charge in [-0.05, 0) is 66.5 Å². The molecule has 4 atom stereocenters. The Morgan fingerprint density at radius 1 is 1.03 bits per heavy atom. The van der Waals surface area contributed by atoms with Crippen molar-refractivity contribution in [1.29, 1.82) is 0 Å². The number of hydrogen-bond donors (Lipinski definition) is 0. The van der Waals surface area contributed by atoms with Crippen molar-refractivity contribution < 1.29 is 19.0 Å². The van der Waals surface area contributed by atoms with Crippen molar-refractivity contribution in [3.63, 3.8) is 0 Å². The molecule has 3 aromatic rings. The van der Waals surface area contributed by atoms with E-state index in [9.17, 15) is 4.79 Å². The minimum atomic E-state index is -0.333. The van der Waals surface area contributed by atoms with Gasteiger partial charge < -0.3 is 14.2 Å². The van der Waals surface area contributed by atoms with Gasteiger partial charge in [-0.25, -0.2) is 4.79 Å². The van der Waals surface area contributed by atoms with Crippen LogP contribution in [0.15, 0.2) is 79.4 Å².